The lowest BCUT2D eigenvalue weighted by Gasteiger charge is -2.25. The Kier molecular flexibility index (Phi) is 5.51. The van der Waals surface area contributed by atoms with Crippen molar-refractivity contribution in [2.45, 2.75) is 33.7 Å². The summed E-state index contributed by atoms with van der Waals surface area (Å²) in [6.45, 7) is 1.98. The fourth-order valence-corrected chi connectivity index (χ4v) is 3.13. The molecule has 0 spiro atoms. The maximum absolute atomic E-state index is 10.1. The first-order valence-electron chi connectivity index (χ1n) is 7.58. The molecule has 2 N–H and O–H groups in total. The number of hydrogen-bond donors (Lipinski definition) is 2. The predicted octanol–water partition coefficient (Wildman–Crippen LogP) is 2.82. The lowest BCUT2D eigenvalue weighted by molar-refractivity contribution is -0.896. The third-order valence-corrected chi connectivity index (χ3v) is 4.19. The lowest BCUT2D eigenvalue weighted by Crippen LogP contribution is -2.34. The largest absolute Gasteiger partial charge is 0.317 e. The number of hydrogen-bond acceptors (Lipinski definition) is 4. The van der Waals surface area contributed by atoms with Crippen LogP contribution in [0.2, 0.25) is 0 Å². The van der Waals surface area contributed by atoms with Crippen LogP contribution in [-0.4, -0.2) is 32.8 Å². The van der Waals surface area contributed by atoms with Gasteiger partial charge in [0.05, 0.1) is 0 Å². The fraction of sp³-hybridized carbons (Fsp3) is 0.389. The second kappa shape index (κ2) is 7.40. The zero-order valence-corrected chi connectivity index (χ0v) is 12.2. The molecule has 0 amide bonds. The molecule has 6 heteroatoms. The van der Waals surface area contributed by atoms with Gasteiger partial charge in [-0.25, -0.2) is 9.97 Å². The molecule has 1 aliphatic rings. The van der Waals surface area contributed by atoms with Crippen LogP contribution in [0.25, 0.3) is 22.7 Å². The lowest BCUT2D eigenvalue weighted by atomic mass is 10.1. The number of piperidine rings is 1. The molecule has 0 aromatic carbocycles. The van der Waals surface area contributed by atoms with Crippen molar-refractivity contribution in [1.29, 1.82) is 0 Å². The molecule has 0 radical (unpaired) electrons. The van der Waals surface area contributed by atoms with Crippen LogP contribution in [0.4, 0.5) is 0 Å². The molecule has 0 aliphatic carbocycles. The number of rotatable bonds is 2. The minimum atomic E-state index is 0. The minimum absolute atomic E-state index is 0. The molecule has 4 heterocycles. The van der Waals surface area contributed by atoms with E-state index in [0.717, 1.165) is 47.6 Å². The molecule has 4 rings (SSSR count). The monoisotopic (exact) mass is 328 g/mol. The first-order chi connectivity index (χ1) is 10.8. The number of pyridine rings is 2. The van der Waals surface area contributed by atoms with Gasteiger partial charge in [0.15, 0.2) is 5.65 Å². The van der Waals surface area contributed by atoms with Crippen LogP contribution in [0.3, 0.4) is 0 Å². The van der Waals surface area contributed by atoms with Crippen molar-refractivity contribution < 1.29 is 9.94 Å². The van der Waals surface area contributed by atoms with Crippen LogP contribution >= 0.6 is 0 Å². The molecule has 1 aliphatic heterocycles. The smallest absolute Gasteiger partial charge is 0.299 e. The van der Waals surface area contributed by atoms with Gasteiger partial charge in [0.2, 0.25) is 12.0 Å². The first-order valence-corrected chi connectivity index (χ1v) is 7.58. The van der Waals surface area contributed by atoms with Gasteiger partial charge in [-0.1, -0.05) is 14.9 Å². The summed E-state index contributed by atoms with van der Waals surface area (Å²) in [5, 5.41) is 13.5. The summed E-state index contributed by atoms with van der Waals surface area (Å²) < 4.78 is 3.30. The second-order valence-electron chi connectivity index (χ2n) is 5.56. The highest BCUT2D eigenvalue weighted by molar-refractivity contribution is 5.75. The molecule has 0 atom stereocenters. The average molecular weight is 328 g/mol. The number of nitrogens with zero attached hydrogens (tertiary/aromatic N) is 4. The highest BCUT2D eigenvalue weighted by Gasteiger charge is 2.27. The minimum Gasteiger partial charge on any atom is -0.317 e. The van der Waals surface area contributed by atoms with Crippen LogP contribution in [0.5, 0.6) is 0 Å². The van der Waals surface area contributed by atoms with Crippen molar-refractivity contribution in [1.82, 2.24) is 19.9 Å². The number of fused-ring (bicyclic) bond motifs is 1. The molecule has 0 bridgehead atoms. The average Bonchev–Trinajstić information content (AvgIpc) is 2.95. The molecule has 1 fully saturated rings. The van der Waals surface area contributed by atoms with E-state index in [2.05, 4.69) is 14.9 Å². The molecular formula is C18H26N5O+. The zero-order valence-electron chi connectivity index (χ0n) is 12.2. The molecule has 3 aromatic rings. The molecule has 24 heavy (non-hydrogen) atoms. The van der Waals surface area contributed by atoms with Crippen molar-refractivity contribution in [3.05, 3.63) is 42.7 Å². The Balaban J connectivity index is 0.00000104. The maximum Gasteiger partial charge on any atom is 0.299 e. The van der Waals surface area contributed by atoms with Crippen LogP contribution in [-0.2, 0) is 0 Å². The fourth-order valence-electron chi connectivity index (χ4n) is 3.13. The highest BCUT2D eigenvalue weighted by atomic mass is 16.5. The van der Waals surface area contributed by atoms with Gasteiger partial charge in [-0.15, -0.1) is 0 Å². The summed E-state index contributed by atoms with van der Waals surface area (Å²) in [6, 6.07) is 9.77. The van der Waals surface area contributed by atoms with Crippen molar-refractivity contribution in [2.24, 2.45) is 0 Å². The summed E-state index contributed by atoms with van der Waals surface area (Å²) in [4.78, 5) is 9.24. The molecule has 128 valence electrons. The van der Waals surface area contributed by atoms with E-state index in [-0.39, 0.29) is 14.9 Å². The van der Waals surface area contributed by atoms with Crippen molar-refractivity contribution in [3.63, 3.8) is 0 Å². The van der Waals surface area contributed by atoms with E-state index in [1.165, 1.54) is 0 Å². The second-order valence-corrected chi connectivity index (χ2v) is 5.56. The van der Waals surface area contributed by atoms with Gasteiger partial charge in [0.25, 0.3) is 5.69 Å². The summed E-state index contributed by atoms with van der Waals surface area (Å²) in [6.07, 6.45) is 5.48. The highest BCUT2D eigenvalue weighted by Crippen LogP contribution is 2.29. The Bertz CT molecular complexity index is 808. The van der Waals surface area contributed by atoms with E-state index in [1.807, 2.05) is 24.3 Å². The first kappa shape index (κ1) is 17.9. The molecule has 1 saturated heterocycles. The van der Waals surface area contributed by atoms with Crippen molar-refractivity contribution >= 4 is 11.2 Å². The van der Waals surface area contributed by atoms with Crippen LogP contribution < -0.4 is 10.0 Å². The summed E-state index contributed by atoms with van der Waals surface area (Å²) in [5.74, 6) is 0.767. The Morgan fingerprint density at radius 1 is 1.12 bits per heavy atom. The van der Waals surface area contributed by atoms with E-state index < -0.39 is 0 Å². The molecular weight excluding hydrogens is 302 g/mol. The van der Waals surface area contributed by atoms with Gasteiger partial charge in [0.1, 0.15) is 5.52 Å². The van der Waals surface area contributed by atoms with Gasteiger partial charge in [0, 0.05) is 29.1 Å². The standard InChI is InChI=1S/C16H18N5O.2CH4/c22-20-11-2-1-5-14(20)16-19-13-4-3-8-18-15(13)21(16)12-6-9-17-10-7-12;;/h1-5,8,11-12,17,22H,6-7,9-10H2;2*1H4/q+1;;. The van der Waals surface area contributed by atoms with E-state index in [1.54, 1.807) is 18.5 Å². The Morgan fingerprint density at radius 2 is 1.92 bits per heavy atom. The van der Waals surface area contributed by atoms with Gasteiger partial charge in [-0.05, 0) is 44.1 Å². The van der Waals surface area contributed by atoms with Gasteiger partial charge >= 0.3 is 0 Å². The van der Waals surface area contributed by atoms with Gasteiger partial charge in [-0.2, -0.15) is 0 Å². The number of nitrogens with one attached hydrogen (secondary N) is 1. The topological polar surface area (TPSA) is 66.8 Å². The Labute approximate surface area is 142 Å². The molecule has 0 saturated carbocycles. The SMILES string of the molecule is C.C.O[n+]1ccccc1-c1nc2cccnc2n1C1CCNCC1. The van der Waals surface area contributed by atoms with E-state index in [0.29, 0.717) is 11.7 Å². The Morgan fingerprint density at radius 3 is 2.67 bits per heavy atom. The van der Waals surface area contributed by atoms with E-state index in [9.17, 15) is 5.21 Å². The Hall–Kier alpha value is -2.47. The number of imidazole rings is 1. The summed E-state index contributed by atoms with van der Waals surface area (Å²) in [7, 11) is 0. The maximum atomic E-state index is 10.1. The molecule has 0 unspecified atom stereocenters. The van der Waals surface area contributed by atoms with Crippen molar-refractivity contribution in [2.75, 3.05) is 13.1 Å². The third-order valence-electron chi connectivity index (χ3n) is 4.19. The number of aromatic nitrogens is 4. The predicted molar refractivity (Wildman–Crippen MR) is 94.9 cm³/mol. The van der Waals surface area contributed by atoms with Crippen LogP contribution in [0, 0.1) is 0 Å². The molecule has 3 aromatic heterocycles. The van der Waals surface area contributed by atoms with Gasteiger partial charge in [-0.3, -0.25) is 5.21 Å². The molecule has 6 nitrogen and oxygen atoms in total. The van der Waals surface area contributed by atoms with Crippen molar-refractivity contribution in [3.8, 4) is 11.5 Å². The van der Waals surface area contributed by atoms with Crippen LogP contribution in [0.15, 0.2) is 42.7 Å². The third kappa shape index (κ3) is 2.97. The summed E-state index contributed by atoms with van der Waals surface area (Å²) >= 11 is 0. The van der Waals surface area contributed by atoms with E-state index in [4.69, 9.17) is 4.98 Å². The normalized spacial score (nSPS) is 14.8. The van der Waals surface area contributed by atoms with Crippen LogP contribution in [0.1, 0.15) is 33.7 Å². The summed E-state index contributed by atoms with van der Waals surface area (Å²) in [5.41, 5.74) is 2.42. The van der Waals surface area contributed by atoms with Gasteiger partial charge < -0.3 is 9.88 Å². The zero-order chi connectivity index (χ0) is 14.9. The van der Waals surface area contributed by atoms with E-state index >= 15 is 0 Å². The quantitative estimate of drug-likeness (QED) is 0.561.